The Kier molecular flexibility index (Phi) is 5.10. The van der Waals surface area contributed by atoms with Gasteiger partial charge in [0.25, 0.3) is 5.91 Å². The summed E-state index contributed by atoms with van der Waals surface area (Å²) in [5.74, 6) is 0.644. The summed E-state index contributed by atoms with van der Waals surface area (Å²) in [4.78, 5) is 16.2. The number of hydrogen-bond donors (Lipinski definition) is 1. The predicted molar refractivity (Wildman–Crippen MR) is 82.3 cm³/mol. The zero-order valence-electron chi connectivity index (χ0n) is 12.0. The second kappa shape index (κ2) is 7.24. The molecule has 0 saturated carbocycles. The van der Waals surface area contributed by atoms with E-state index in [1.54, 1.807) is 37.7 Å². The van der Waals surface area contributed by atoms with Crippen molar-refractivity contribution in [2.24, 2.45) is 0 Å². The largest absolute Gasteiger partial charge is 0.496 e. The molecule has 0 saturated heterocycles. The number of pyridine rings is 1. The maximum Gasteiger partial charge on any atom is 0.251 e. The minimum Gasteiger partial charge on any atom is -0.496 e. The smallest absolute Gasteiger partial charge is 0.251 e. The summed E-state index contributed by atoms with van der Waals surface area (Å²) in [5.41, 5.74) is 2.52. The second-order valence-electron chi connectivity index (χ2n) is 4.56. The highest BCUT2D eigenvalue weighted by Crippen LogP contribution is 2.20. The molecule has 0 aliphatic rings. The van der Waals surface area contributed by atoms with E-state index in [2.05, 4.69) is 16.9 Å². The van der Waals surface area contributed by atoms with Crippen LogP contribution in [0.25, 0.3) is 0 Å². The van der Waals surface area contributed by atoms with E-state index in [9.17, 15) is 4.79 Å². The minimum absolute atomic E-state index is 0.119. The van der Waals surface area contributed by atoms with Crippen molar-refractivity contribution in [2.45, 2.75) is 13.0 Å². The Balaban J connectivity index is 2.08. The van der Waals surface area contributed by atoms with E-state index in [1.165, 1.54) is 0 Å². The highest BCUT2D eigenvalue weighted by atomic mass is 16.5. The summed E-state index contributed by atoms with van der Waals surface area (Å²) < 4.78 is 5.27. The summed E-state index contributed by atoms with van der Waals surface area (Å²) >= 11 is 0. The Bertz CT molecular complexity index is 624. The molecule has 0 atom stereocenters. The number of hydrogen-bond acceptors (Lipinski definition) is 3. The second-order valence-corrected chi connectivity index (χ2v) is 4.56. The quantitative estimate of drug-likeness (QED) is 0.829. The summed E-state index contributed by atoms with van der Waals surface area (Å²) in [7, 11) is 1.62. The van der Waals surface area contributed by atoms with Crippen molar-refractivity contribution in [3.8, 4) is 5.75 Å². The van der Waals surface area contributed by atoms with Crippen LogP contribution in [0.3, 0.4) is 0 Å². The Hall–Kier alpha value is -2.62. The van der Waals surface area contributed by atoms with Gasteiger partial charge in [-0.1, -0.05) is 12.1 Å². The predicted octanol–water partition coefficient (Wildman–Crippen LogP) is 2.75. The van der Waals surface area contributed by atoms with E-state index >= 15 is 0 Å². The first-order valence-electron chi connectivity index (χ1n) is 6.69. The number of nitrogens with one attached hydrogen (secondary N) is 1. The van der Waals surface area contributed by atoms with Gasteiger partial charge < -0.3 is 10.1 Å². The molecular weight excluding hydrogens is 264 g/mol. The van der Waals surface area contributed by atoms with Gasteiger partial charge in [-0.05, 0) is 41.8 Å². The van der Waals surface area contributed by atoms with Gasteiger partial charge in [-0.3, -0.25) is 9.78 Å². The molecule has 0 aliphatic heterocycles. The molecule has 1 amide bonds. The van der Waals surface area contributed by atoms with Crippen LogP contribution < -0.4 is 10.1 Å². The normalized spacial score (nSPS) is 9.95. The molecule has 1 N–H and O–H groups in total. The molecule has 0 fully saturated rings. The fraction of sp³-hybridized carbons (Fsp3) is 0.176. The Morgan fingerprint density at radius 3 is 2.95 bits per heavy atom. The number of aromatic nitrogens is 1. The molecule has 4 heteroatoms. The number of carbonyl (C=O) groups is 1. The lowest BCUT2D eigenvalue weighted by molar-refractivity contribution is 0.0950. The molecule has 0 bridgehead atoms. The lowest BCUT2D eigenvalue weighted by Crippen LogP contribution is -2.23. The van der Waals surface area contributed by atoms with E-state index < -0.39 is 0 Å². The summed E-state index contributed by atoms with van der Waals surface area (Å²) in [5, 5.41) is 2.88. The third-order valence-corrected chi connectivity index (χ3v) is 3.08. The van der Waals surface area contributed by atoms with Crippen LogP contribution in [0.2, 0.25) is 0 Å². The van der Waals surface area contributed by atoms with Crippen LogP contribution in [0.5, 0.6) is 5.75 Å². The summed E-state index contributed by atoms with van der Waals surface area (Å²) in [6.07, 6.45) is 5.88. The van der Waals surface area contributed by atoms with Crippen LogP contribution >= 0.6 is 0 Å². The molecule has 2 aromatic rings. The van der Waals surface area contributed by atoms with Gasteiger partial charge in [-0.15, -0.1) is 6.58 Å². The van der Waals surface area contributed by atoms with Gasteiger partial charge >= 0.3 is 0 Å². The molecule has 21 heavy (non-hydrogen) atoms. The van der Waals surface area contributed by atoms with Gasteiger partial charge in [0.15, 0.2) is 0 Å². The first-order valence-corrected chi connectivity index (χ1v) is 6.69. The van der Waals surface area contributed by atoms with Crippen molar-refractivity contribution >= 4 is 5.91 Å². The molecule has 108 valence electrons. The highest BCUT2D eigenvalue weighted by molar-refractivity contribution is 5.94. The third kappa shape index (κ3) is 3.92. The topological polar surface area (TPSA) is 51.2 Å². The van der Waals surface area contributed by atoms with Crippen LogP contribution in [0.15, 0.2) is 55.4 Å². The zero-order valence-corrected chi connectivity index (χ0v) is 12.0. The molecule has 1 heterocycles. The van der Waals surface area contributed by atoms with Gasteiger partial charge in [0.1, 0.15) is 5.75 Å². The summed E-state index contributed by atoms with van der Waals surface area (Å²) in [6, 6.07) is 9.16. The minimum atomic E-state index is -0.119. The molecule has 1 aromatic carbocycles. The van der Waals surface area contributed by atoms with Gasteiger partial charge in [0, 0.05) is 24.5 Å². The lowest BCUT2D eigenvalue weighted by atomic mass is 10.1. The van der Waals surface area contributed by atoms with Crippen molar-refractivity contribution in [1.29, 1.82) is 0 Å². The number of allylic oxidation sites excluding steroid dienone is 1. The zero-order chi connectivity index (χ0) is 15.1. The van der Waals surface area contributed by atoms with Gasteiger partial charge in [-0.2, -0.15) is 0 Å². The van der Waals surface area contributed by atoms with Crippen LogP contribution in [0.1, 0.15) is 21.5 Å². The maximum absolute atomic E-state index is 12.2. The molecule has 2 rings (SSSR count). The SMILES string of the molecule is C=CCc1cc(C(=O)NCc2cccnc2)ccc1OC. The van der Waals surface area contributed by atoms with Gasteiger partial charge in [0.05, 0.1) is 7.11 Å². The first-order chi connectivity index (χ1) is 10.2. The maximum atomic E-state index is 12.2. The van der Waals surface area contributed by atoms with E-state index in [1.807, 2.05) is 18.2 Å². The molecular formula is C17H18N2O2. The van der Waals surface area contributed by atoms with Crippen LogP contribution in [-0.4, -0.2) is 18.0 Å². The van der Waals surface area contributed by atoms with Crippen molar-refractivity contribution in [1.82, 2.24) is 10.3 Å². The van der Waals surface area contributed by atoms with E-state index in [4.69, 9.17) is 4.74 Å². The average Bonchev–Trinajstić information content (AvgIpc) is 2.54. The fourth-order valence-corrected chi connectivity index (χ4v) is 2.02. The molecule has 4 nitrogen and oxygen atoms in total. The fourth-order valence-electron chi connectivity index (χ4n) is 2.02. The highest BCUT2D eigenvalue weighted by Gasteiger charge is 2.09. The van der Waals surface area contributed by atoms with E-state index in [0.29, 0.717) is 18.5 Å². The number of methoxy groups -OCH3 is 1. The van der Waals surface area contributed by atoms with Gasteiger partial charge in [0.2, 0.25) is 0 Å². The molecule has 0 aliphatic carbocycles. The van der Waals surface area contributed by atoms with Crippen molar-refractivity contribution < 1.29 is 9.53 Å². The Morgan fingerprint density at radius 1 is 1.43 bits per heavy atom. The van der Waals surface area contributed by atoms with Crippen molar-refractivity contribution in [3.63, 3.8) is 0 Å². The van der Waals surface area contributed by atoms with Gasteiger partial charge in [-0.25, -0.2) is 0 Å². The monoisotopic (exact) mass is 282 g/mol. The summed E-state index contributed by atoms with van der Waals surface area (Å²) in [6.45, 7) is 4.17. The first kappa shape index (κ1) is 14.8. The third-order valence-electron chi connectivity index (χ3n) is 3.08. The number of ether oxygens (including phenoxy) is 1. The molecule has 0 spiro atoms. The molecule has 0 unspecified atom stereocenters. The van der Waals surface area contributed by atoms with E-state index in [-0.39, 0.29) is 5.91 Å². The molecule has 1 aromatic heterocycles. The van der Waals surface area contributed by atoms with Crippen LogP contribution in [0, 0.1) is 0 Å². The number of rotatable bonds is 6. The van der Waals surface area contributed by atoms with Crippen LogP contribution in [0.4, 0.5) is 0 Å². The lowest BCUT2D eigenvalue weighted by Gasteiger charge is -2.10. The Morgan fingerprint density at radius 2 is 2.29 bits per heavy atom. The van der Waals surface area contributed by atoms with Crippen molar-refractivity contribution in [2.75, 3.05) is 7.11 Å². The van der Waals surface area contributed by atoms with E-state index in [0.717, 1.165) is 16.9 Å². The van der Waals surface area contributed by atoms with Crippen LogP contribution in [-0.2, 0) is 13.0 Å². The Labute approximate surface area is 124 Å². The van der Waals surface area contributed by atoms with Crippen molar-refractivity contribution in [3.05, 3.63) is 72.1 Å². The average molecular weight is 282 g/mol. The number of nitrogens with zero attached hydrogens (tertiary/aromatic N) is 1. The number of carbonyl (C=O) groups excluding carboxylic acids is 1. The standard InChI is InChI=1S/C17H18N2O2/c1-3-5-14-10-15(7-8-16(14)21-2)17(20)19-12-13-6-4-9-18-11-13/h3-4,6-11H,1,5,12H2,2H3,(H,19,20). The number of amides is 1. The molecule has 0 radical (unpaired) electrons. The number of benzene rings is 1.